The molecule has 0 amide bonds. The molecule has 2 aromatic rings. The third kappa shape index (κ3) is 2.87. The average molecular weight is 357 g/mol. The molecule has 0 bridgehead atoms. The molecule has 108 valence electrons. The van der Waals surface area contributed by atoms with Crippen molar-refractivity contribution in [2.24, 2.45) is 0 Å². The summed E-state index contributed by atoms with van der Waals surface area (Å²) in [6.45, 7) is 4.20. The third-order valence-corrected chi connectivity index (χ3v) is 5.56. The highest BCUT2D eigenvalue weighted by Gasteiger charge is 2.27. The fraction of sp³-hybridized carbons (Fsp3) is 0.357. The molecular weight excluding hydrogens is 340 g/mol. The van der Waals surface area contributed by atoms with Gasteiger partial charge in [0.2, 0.25) is 10.0 Å². The van der Waals surface area contributed by atoms with Gasteiger partial charge < -0.3 is 0 Å². The Balaban J connectivity index is 2.62. The van der Waals surface area contributed by atoms with Gasteiger partial charge in [0, 0.05) is 29.5 Å². The lowest BCUT2D eigenvalue weighted by Gasteiger charge is -2.25. The fourth-order valence-electron chi connectivity index (χ4n) is 2.17. The zero-order chi connectivity index (χ0) is 14.8. The van der Waals surface area contributed by atoms with Crippen molar-refractivity contribution in [1.29, 1.82) is 0 Å². The van der Waals surface area contributed by atoms with E-state index in [1.54, 1.807) is 30.5 Å². The molecule has 1 aromatic heterocycles. The fourth-order valence-corrected chi connectivity index (χ4v) is 4.62. The number of benzene rings is 1. The number of sulfonamides is 1. The van der Waals surface area contributed by atoms with E-state index >= 15 is 0 Å². The van der Waals surface area contributed by atoms with Crippen molar-refractivity contribution in [3.05, 3.63) is 36.5 Å². The van der Waals surface area contributed by atoms with E-state index in [-0.39, 0.29) is 6.04 Å². The van der Waals surface area contributed by atoms with Crippen LogP contribution in [-0.4, -0.2) is 35.6 Å². The van der Waals surface area contributed by atoms with Crippen LogP contribution in [0.1, 0.15) is 13.8 Å². The van der Waals surface area contributed by atoms with Crippen LogP contribution in [0, 0.1) is 0 Å². The highest BCUT2D eigenvalue weighted by molar-refractivity contribution is 9.09. The lowest BCUT2D eigenvalue weighted by molar-refractivity contribution is 0.372. The van der Waals surface area contributed by atoms with Gasteiger partial charge in [0.1, 0.15) is 0 Å². The number of aromatic nitrogens is 1. The Bertz CT molecular complexity index is 696. The molecule has 1 aromatic carbocycles. The number of fused-ring (bicyclic) bond motifs is 1. The van der Waals surface area contributed by atoms with E-state index in [9.17, 15) is 8.42 Å². The lowest BCUT2D eigenvalue weighted by Crippen LogP contribution is -2.38. The van der Waals surface area contributed by atoms with Crippen molar-refractivity contribution in [2.75, 3.05) is 11.9 Å². The molecule has 1 heterocycles. The van der Waals surface area contributed by atoms with Gasteiger partial charge in [-0.2, -0.15) is 4.31 Å². The molecule has 6 heteroatoms. The highest BCUT2D eigenvalue weighted by Crippen LogP contribution is 2.25. The van der Waals surface area contributed by atoms with Crippen molar-refractivity contribution in [2.45, 2.75) is 24.8 Å². The van der Waals surface area contributed by atoms with Gasteiger partial charge in [0.15, 0.2) is 0 Å². The number of rotatable bonds is 5. The third-order valence-electron chi connectivity index (χ3n) is 3.07. The number of pyridine rings is 1. The molecule has 0 aliphatic carbocycles. The first-order valence-electron chi connectivity index (χ1n) is 6.40. The summed E-state index contributed by atoms with van der Waals surface area (Å²) in [7, 11) is -3.53. The summed E-state index contributed by atoms with van der Waals surface area (Å²) in [6.07, 6.45) is 1.66. The Morgan fingerprint density at radius 3 is 2.65 bits per heavy atom. The van der Waals surface area contributed by atoms with Crippen LogP contribution in [0.4, 0.5) is 0 Å². The first-order valence-corrected chi connectivity index (χ1v) is 8.96. The Morgan fingerprint density at radius 2 is 2.00 bits per heavy atom. The van der Waals surface area contributed by atoms with Crippen LogP contribution in [0.5, 0.6) is 0 Å². The van der Waals surface area contributed by atoms with E-state index in [1.807, 2.05) is 19.9 Å². The Hall–Kier alpha value is -0.980. The monoisotopic (exact) mass is 356 g/mol. The predicted molar refractivity (Wildman–Crippen MR) is 84.6 cm³/mol. The summed E-state index contributed by atoms with van der Waals surface area (Å²) in [5.41, 5.74) is 0.691. The maximum Gasteiger partial charge on any atom is 0.244 e. The Morgan fingerprint density at radius 1 is 1.25 bits per heavy atom. The predicted octanol–water partition coefficient (Wildman–Crippen LogP) is 3.03. The van der Waals surface area contributed by atoms with Gasteiger partial charge in [-0.3, -0.25) is 4.98 Å². The van der Waals surface area contributed by atoms with Gasteiger partial charge in [-0.05, 0) is 38.1 Å². The molecule has 0 saturated carbocycles. The minimum Gasteiger partial charge on any atom is -0.256 e. The number of nitrogens with zero attached hydrogens (tertiary/aromatic N) is 2. The van der Waals surface area contributed by atoms with E-state index in [0.717, 1.165) is 0 Å². The molecule has 0 saturated heterocycles. The Kier molecular flexibility index (Phi) is 4.78. The largest absolute Gasteiger partial charge is 0.256 e. The topological polar surface area (TPSA) is 50.3 Å². The average Bonchev–Trinajstić information content (AvgIpc) is 2.43. The number of hydrogen-bond acceptors (Lipinski definition) is 3. The molecule has 4 nitrogen and oxygen atoms in total. The molecule has 0 unspecified atom stereocenters. The molecule has 20 heavy (non-hydrogen) atoms. The van der Waals surface area contributed by atoms with E-state index in [0.29, 0.717) is 27.7 Å². The van der Waals surface area contributed by atoms with E-state index in [1.165, 1.54) is 4.31 Å². The van der Waals surface area contributed by atoms with Gasteiger partial charge in [-0.1, -0.05) is 22.0 Å². The van der Waals surface area contributed by atoms with Crippen molar-refractivity contribution < 1.29 is 8.42 Å². The maximum absolute atomic E-state index is 12.9. The van der Waals surface area contributed by atoms with Crippen LogP contribution < -0.4 is 0 Å². The van der Waals surface area contributed by atoms with Crippen LogP contribution in [0.15, 0.2) is 41.4 Å². The van der Waals surface area contributed by atoms with E-state index in [2.05, 4.69) is 20.9 Å². The van der Waals surface area contributed by atoms with E-state index in [4.69, 9.17) is 0 Å². The van der Waals surface area contributed by atoms with Crippen molar-refractivity contribution >= 4 is 36.9 Å². The number of hydrogen-bond donors (Lipinski definition) is 0. The molecule has 0 fully saturated rings. The maximum atomic E-state index is 12.9. The summed E-state index contributed by atoms with van der Waals surface area (Å²) in [5.74, 6) is 0. The molecule has 0 spiro atoms. The molecule has 0 radical (unpaired) electrons. The summed E-state index contributed by atoms with van der Waals surface area (Å²) < 4.78 is 27.2. The highest BCUT2D eigenvalue weighted by atomic mass is 79.9. The quantitative estimate of drug-likeness (QED) is 0.773. The number of halogens is 1. The molecule has 0 atom stereocenters. The summed E-state index contributed by atoms with van der Waals surface area (Å²) in [4.78, 5) is 4.53. The van der Waals surface area contributed by atoms with Crippen LogP contribution in [0.3, 0.4) is 0 Å². The van der Waals surface area contributed by atoms with E-state index < -0.39 is 10.0 Å². The van der Waals surface area contributed by atoms with Crippen LogP contribution in [-0.2, 0) is 10.0 Å². The smallest absolute Gasteiger partial charge is 0.244 e. The summed E-state index contributed by atoms with van der Waals surface area (Å²) >= 11 is 3.31. The normalized spacial score (nSPS) is 12.4. The minimum atomic E-state index is -3.53. The standard InChI is InChI=1S/C14H17BrN2O2S/c1-11(2)17(10-8-15)20(18,19)14-7-3-6-13-12(14)5-4-9-16-13/h3-7,9,11H,8,10H2,1-2H3. The van der Waals surface area contributed by atoms with Crippen LogP contribution in [0.25, 0.3) is 10.9 Å². The second-order valence-electron chi connectivity index (χ2n) is 4.72. The lowest BCUT2D eigenvalue weighted by atomic mass is 10.2. The molecule has 2 rings (SSSR count). The minimum absolute atomic E-state index is 0.0931. The van der Waals surface area contributed by atoms with Gasteiger partial charge in [-0.15, -0.1) is 0 Å². The molecular formula is C14H17BrN2O2S. The number of alkyl halides is 1. The summed E-state index contributed by atoms with van der Waals surface area (Å²) in [5, 5.41) is 1.27. The van der Waals surface area contributed by atoms with Crippen molar-refractivity contribution in [3.8, 4) is 0 Å². The van der Waals surface area contributed by atoms with Crippen molar-refractivity contribution in [1.82, 2.24) is 9.29 Å². The Labute approximate surface area is 128 Å². The summed E-state index contributed by atoms with van der Waals surface area (Å²) in [6, 6.07) is 8.65. The second kappa shape index (κ2) is 6.20. The van der Waals surface area contributed by atoms with Gasteiger partial charge >= 0.3 is 0 Å². The van der Waals surface area contributed by atoms with Gasteiger partial charge in [0.25, 0.3) is 0 Å². The molecule has 0 aliphatic rings. The SMILES string of the molecule is CC(C)N(CCBr)S(=O)(=O)c1cccc2ncccc12. The van der Waals surface area contributed by atoms with Gasteiger partial charge in [0.05, 0.1) is 10.4 Å². The molecule has 0 N–H and O–H groups in total. The first kappa shape index (κ1) is 15.4. The molecule has 0 aliphatic heterocycles. The first-order chi connectivity index (χ1) is 9.48. The second-order valence-corrected chi connectivity index (χ2v) is 7.38. The van der Waals surface area contributed by atoms with Crippen molar-refractivity contribution in [3.63, 3.8) is 0 Å². The zero-order valence-corrected chi connectivity index (χ0v) is 13.9. The van der Waals surface area contributed by atoms with Gasteiger partial charge in [-0.25, -0.2) is 8.42 Å². The zero-order valence-electron chi connectivity index (χ0n) is 11.5. The van der Waals surface area contributed by atoms with Crippen LogP contribution >= 0.6 is 15.9 Å². The van der Waals surface area contributed by atoms with Crippen LogP contribution in [0.2, 0.25) is 0 Å².